The fourth-order valence-corrected chi connectivity index (χ4v) is 3.72. The summed E-state index contributed by atoms with van der Waals surface area (Å²) in [5.41, 5.74) is 2.64. The van der Waals surface area contributed by atoms with Crippen molar-refractivity contribution >= 4 is 17.7 Å². The first-order valence-electron chi connectivity index (χ1n) is 6.18. The molecule has 1 N–H and O–H groups in total. The molecule has 2 aliphatic rings. The first-order chi connectivity index (χ1) is 8.20. The topological polar surface area (TPSA) is 37.3 Å². The highest BCUT2D eigenvalue weighted by atomic mass is 32.2. The smallest absolute Gasteiger partial charge is 0.304 e. The van der Waals surface area contributed by atoms with Crippen molar-refractivity contribution in [2.24, 2.45) is 0 Å². The Labute approximate surface area is 105 Å². The maximum atomic E-state index is 10.9. The first kappa shape index (κ1) is 11.1. The van der Waals surface area contributed by atoms with Gasteiger partial charge in [-0.25, -0.2) is 0 Å². The average Bonchev–Trinajstić information content (AvgIpc) is 3.08. The predicted molar refractivity (Wildman–Crippen MR) is 68.7 cm³/mol. The number of fused-ring (bicyclic) bond motifs is 1. The van der Waals surface area contributed by atoms with Gasteiger partial charge in [-0.1, -0.05) is 12.1 Å². The summed E-state index contributed by atoms with van der Waals surface area (Å²) in [6, 6.07) is 6.60. The van der Waals surface area contributed by atoms with Crippen LogP contribution in [-0.4, -0.2) is 16.8 Å². The zero-order valence-electron chi connectivity index (χ0n) is 9.74. The van der Waals surface area contributed by atoms with Crippen LogP contribution in [-0.2, 0) is 16.6 Å². The van der Waals surface area contributed by atoms with Crippen molar-refractivity contribution in [3.05, 3.63) is 29.3 Å². The Morgan fingerprint density at radius 2 is 2.24 bits per heavy atom. The van der Waals surface area contributed by atoms with Crippen molar-refractivity contribution in [3.8, 4) is 0 Å². The summed E-state index contributed by atoms with van der Waals surface area (Å²) in [6.07, 6.45) is 4.75. The number of carboxylic acid groups (broad SMARTS) is 1. The lowest BCUT2D eigenvalue weighted by Gasteiger charge is -2.19. The van der Waals surface area contributed by atoms with E-state index >= 15 is 0 Å². The molecule has 0 atom stereocenters. The molecule has 1 aromatic carbocycles. The van der Waals surface area contributed by atoms with Crippen LogP contribution in [0.2, 0.25) is 0 Å². The highest BCUT2D eigenvalue weighted by Crippen LogP contribution is 2.51. The number of carboxylic acids is 1. The van der Waals surface area contributed by atoms with Crippen LogP contribution in [0, 0.1) is 0 Å². The summed E-state index contributed by atoms with van der Waals surface area (Å²) in [5.74, 6) is 0.543. The molecule has 2 nitrogen and oxygen atoms in total. The van der Waals surface area contributed by atoms with Crippen molar-refractivity contribution in [3.63, 3.8) is 0 Å². The highest BCUT2D eigenvalue weighted by molar-refractivity contribution is 7.99. The molecular formula is C14H16O2S. The Kier molecular flexibility index (Phi) is 2.66. The van der Waals surface area contributed by atoms with Crippen molar-refractivity contribution in [2.45, 2.75) is 42.4 Å². The highest BCUT2D eigenvalue weighted by Gasteiger charge is 2.46. The summed E-state index contributed by atoms with van der Waals surface area (Å²) < 4.78 is 0. The standard InChI is InChI=1S/C14H16O2S/c15-13(16)9-14(5-6-14)11-3-4-12-10(8-11)2-1-7-17-12/h3-4,8H,1-2,5-7,9H2,(H,15,16). The first-order valence-corrected chi connectivity index (χ1v) is 7.16. The fraction of sp³-hybridized carbons (Fsp3) is 0.500. The van der Waals surface area contributed by atoms with Crippen LogP contribution in [0.25, 0.3) is 0 Å². The summed E-state index contributed by atoms with van der Waals surface area (Å²) in [5, 5.41) is 8.98. The largest absolute Gasteiger partial charge is 0.481 e. The number of thioether (sulfide) groups is 1. The van der Waals surface area contributed by atoms with Crippen LogP contribution >= 0.6 is 11.8 Å². The Morgan fingerprint density at radius 3 is 2.94 bits per heavy atom. The van der Waals surface area contributed by atoms with E-state index in [0.717, 1.165) is 19.3 Å². The number of hydrogen-bond acceptors (Lipinski definition) is 2. The molecule has 1 heterocycles. The van der Waals surface area contributed by atoms with Gasteiger partial charge in [0.1, 0.15) is 0 Å². The molecule has 3 heteroatoms. The molecule has 0 radical (unpaired) electrons. The van der Waals surface area contributed by atoms with Crippen molar-refractivity contribution < 1.29 is 9.90 Å². The predicted octanol–water partition coefficient (Wildman–Crippen LogP) is 3.23. The van der Waals surface area contributed by atoms with Gasteiger partial charge in [0, 0.05) is 10.3 Å². The van der Waals surface area contributed by atoms with Crippen LogP contribution in [0.1, 0.15) is 36.8 Å². The summed E-state index contributed by atoms with van der Waals surface area (Å²) in [4.78, 5) is 12.3. The molecule has 17 heavy (non-hydrogen) atoms. The lowest BCUT2D eigenvalue weighted by molar-refractivity contribution is -0.137. The van der Waals surface area contributed by atoms with Crippen LogP contribution < -0.4 is 0 Å². The SMILES string of the molecule is O=C(O)CC1(c2ccc3c(c2)CCCS3)CC1. The Hall–Kier alpha value is -0.960. The molecule has 90 valence electrons. The molecule has 1 saturated carbocycles. The minimum atomic E-state index is -0.672. The number of aryl methyl sites for hydroxylation is 1. The van der Waals surface area contributed by atoms with Crippen molar-refractivity contribution in [1.82, 2.24) is 0 Å². The lowest BCUT2D eigenvalue weighted by atomic mass is 9.90. The van der Waals surface area contributed by atoms with Gasteiger partial charge in [-0.3, -0.25) is 4.79 Å². The van der Waals surface area contributed by atoms with Gasteiger partial charge in [0.25, 0.3) is 0 Å². The number of hydrogen-bond donors (Lipinski definition) is 1. The van der Waals surface area contributed by atoms with Crippen molar-refractivity contribution in [2.75, 3.05) is 5.75 Å². The molecule has 0 spiro atoms. The van der Waals surface area contributed by atoms with E-state index < -0.39 is 5.97 Å². The van der Waals surface area contributed by atoms with Gasteiger partial charge in [-0.2, -0.15) is 0 Å². The molecule has 1 aromatic rings. The second-order valence-corrected chi connectivity index (χ2v) is 6.26. The zero-order chi connectivity index (χ0) is 11.9. The van der Waals surface area contributed by atoms with Gasteiger partial charge in [0.2, 0.25) is 0 Å². The molecular weight excluding hydrogens is 232 g/mol. The van der Waals surface area contributed by atoms with E-state index in [-0.39, 0.29) is 5.41 Å². The maximum Gasteiger partial charge on any atom is 0.304 e. The molecule has 1 fully saturated rings. The van der Waals surface area contributed by atoms with E-state index in [2.05, 4.69) is 18.2 Å². The van der Waals surface area contributed by atoms with E-state index in [1.807, 2.05) is 11.8 Å². The van der Waals surface area contributed by atoms with Crippen LogP contribution in [0.15, 0.2) is 23.1 Å². The minimum absolute atomic E-state index is 0.0387. The third-order valence-corrected chi connectivity index (χ3v) is 5.07. The summed E-state index contributed by atoms with van der Waals surface area (Å²) in [6.45, 7) is 0. The molecule has 0 bridgehead atoms. The van der Waals surface area contributed by atoms with Crippen LogP contribution in [0.3, 0.4) is 0 Å². The summed E-state index contributed by atoms with van der Waals surface area (Å²) in [7, 11) is 0. The van der Waals surface area contributed by atoms with Gasteiger partial charge >= 0.3 is 5.97 Å². The average molecular weight is 248 g/mol. The van der Waals surface area contributed by atoms with E-state index in [9.17, 15) is 4.79 Å². The molecule has 0 unspecified atom stereocenters. The van der Waals surface area contributed by atoms with Gasteiger partial charge in [-0.15, -0.1) is 11.8 Å². The minimum Gasteiger partial charge on any atom is -0.481 e. The van der Waals surface area contributed by atoms with Crippen LogP contribution in [0.5, 0.6) is 0 Å². The third kappa shape index (κ3) is 2.08. The van der Waals surface area contributed by atoms with E-state index in [1.165, 1.54) is 28.2 Å². The molecule has 0 amide bonds. The molecule has 3 rings (SSSR count). The van der Waals surface area contributed by atoms with Gasteiger partial charge in [0.15, 0.2) is 0 Å². The summed E-state index contributed by atoms with van der Waals surface area (Å²) >= 11 is 1.93. The monoisotopic (exact) mass is 248 g/mol. The Bertz CT molecular complexity index is 463. The Balaban J connectivity index is 1.91. The fourth-order valence-electron chi connectivity index (χ4n) is 2.70. The normalized spacial score (nSPS) is 20.7. The third-order valence-electron chi connectivity index (χ3n) is 3.86. The zero-order valence-corrected chi connectivity index (χ0v) is 10.6. The molecule has 1 aliphatic carbocycles. The van der Waals surface area contributed by atoms with E-state index in [1.54, 1.807) is 0 Å². The molecule has 0 saturated heterocycles. The second-order valence-electron chi connectivity index (χ2n) is 5.13. The number of rotatable bonds is 3. The van der Waals surface area contributed by atoms with Crippen molar-refractivity contribution in [1.29, 1.82) is 0 Å². The Morgan fingerprint density at radius 1 is 1.41 bits per heavy atom. The van der Waals surface area contributed by atoms with Gasteiger partial charge in [-0.05, 0) is 48.6 Å². The number of benzene rings is 1. The van der Waals surface area contributed by atoms with Gasteiger partial charge < -0.3 is 5.11 Å². The second kappa shape index (κ2) is 4.05. The number of aliphatic carboxylic acids is 1. The molecule has 1 aliphatic heterocycles. The van der Waals surface area contributed by atoms with Gasteiger partial charge in [0.05, 0.1) is 6.42 Å². The van der Waals surface area contributed by atoms with Crippen LogP contribution in [0.4, 0.5) is 0 Å². The molecule has 0 aromatic heterocycles. The van der Waals surface area contributed by atoms with E-state index in [0.29, 0.717) is 6.42 Å². The lowest BCUT2D eigenvalue weighted by Crippen LogP contribution is -2.13. The maximum absolute atomic E-state index is 10.9. The quantitative estimate of drug-likeness (QED) is 0.892. The number of carbonyl (C=O) groups is 1. The van der Waals surface area contributed by atoms with E-state index in [4.69, 9.17) is 5.11 Å².